The molecule has 7 heteroatoms. The van der Waals surface area contributed by atoms with Gasteiger partial charge in [0, 0.05) is 31.5 Å². The molecule has 2 aromatic carbocycles. The second-order valence-corrected chi connectivity index (χ2v) is 7.70. The van der Waals surface area contributed by atoms with Gasteiger partial charge in [0.25, 0.3) is 0 Å². The molecule has 160 valence electrons. The predicted molar refractivity (Wildman–Crippen MR) is 118 cm³/mol. The predicted octanol–water partition coefficient (Wildman–Crippen LogP) is 3.42. The van der Waals surface area contributed by atoms with Crippen LogP contribution in [0.2, 0.25) is 0 Å². The summed E-state index contributed by atoms with van der Waals surface area (Å²) in [6.45, 7) is 1.88. The highest BCUT2D eigenvalue weighted by Gasteiger charge is 2.34. The maximum atomic E-state index is 12.1. The molecule has 0 saturated carbocycles. The molecule has 2 amide bonds. The fourth-order valence-electron chi connectivity index (χ4n) is 3.85. The lowest BCUT2D eigenvalue weighted by Gasteiger charge is -2.25. The number of nitrogens with one attached hydrogen (secondary N) is 2. The van der Waals surface area contributed by atoms with E-state index in [1.807, 2.05) is 42.5 Å². The Morgan fingerprint density at radius 2 is 1.77 bits per heavy atom. The number of phenols is 1. The summed E-state index contributed by atoms with van der Waals surface area (Å²) < 4.78 is 0. The van der Waals surface area contributed by atoms with Crippen LogP contribution < -0.4 is 10.6 Å². The number of likely N-dealkylation sites (tertiary alicyclic amines) is 1. The van der Waals surface area contributed by atoms with E-state index >= 15 is 0 Å². The summed E-state index contributed by atoms with van der Waals surface area (Å²) in [4.78, 5) is 18.8. The zero-order valence-corrected chi connectivity index (χ0v) is 17.1. The normalized spacial score (nSPS) is 18.6. The average Bonchev–Trinajstić information content (AvgIpc) is 3.15. The number of aliphatic hydroxyl groups is 1. The topological polar surface area (TPSA) is 97.7 Å². The Morgan fingerprint density at radius 3 is 2.48 bits per heavy atom. The van der Waals surface area contributed by atoms with Crippen LogP contribution in [0, 0.1) is 0 Å². The van der Waals surface area contributed by atoms with Crippen LogP contribution in [0.4, 0.5) is 10.5 Å². The molecule has 2 heterocycles. The van der Waals surface area contributed by atoms with Crippen molar-refractivity contribution >= 4 is 11.7 Å². The zero-order valence-electron chi connectivity index (χ0n) is 17.1. The summed E-state index contributed by atoms with van der Waals surface area (Å²) in [6.07, 6.45) is 2.06. The number of hydrogen-bond donors (Lipinski definition) is 4. The van der Waals surface area contributed by atoms with Crippen LogP contribution in [0.15, 0.2) is 72.9 Å². The largest absolute Gasteiger partial charge is 0.508 e. The molecule has 1 aliphatic rings. The van der Waals surface area contributed by atoms with Gasteiger partial charge in [-0.15, -0.1) is 0 Å². The van der Waals surface area contributed by atoms with E-state index in [-0.39, 0.29) is 17.8 Å². The molecule has 0 aliphatic carbocycles. The van der Waals surface area contributed by atoms with Crippen molar-refractivity contribution in [2.45, 2.75) is 31.7 Å². The number of rotatable bonds is 6. The molecule has 0 bridgehead atoms. The lowest BCUT2D eigenvalue weighted by molar-refractivity contribution is 0.110. The maximum absolute atomic E-state index is 12.1. The van der Waals surface area contributed by atoms with E-state index in [0.29, 0.717) is 18.8 Å². The molecule has 4 N–H and O–H groups in total. The third-order valence-electron chi connectivity index (χ3n) is 5.45. The molecule has 1 saturated heterocycles. The van der Waals surface area contributed by atoms with Gasteiger partial charge in [0.15, 0.2) is 0 Å². The number of aliphatic hydroxyl groups excluding tert-OH is 1. The summed E-state index contributed by atoms with van der Waals surface area (Å²) in [7, 11) is 0. The summed E-state index contributed by atoms with van der Waals surface area (Å²) >= 11 is 0. The molecule has 31 heavy (non-hydrogen) atoms. The van der Waals surface area contributed by atoms with E-state index in [9.17, 15) is 15.0 Å². The zero-order chi connectivity index (χ0) is 21.6. The van der Waals surface area contributed by atoms with E-state index in [4.69, 9.17) is 0 Å². The lowest BCUT2D eigenvalue weighted by atomic mass is 10.1. The maximum Gasteiger partial charge on any atom is 0.319 e. The summed E-state index contributed by atoms with van der Waals surface area (Å²) in [5.41, 5.74) is 3.59. The van der Waals surface area contributed by atoms with Crippen LogP contribution in [-0.4, -0.2) is 38.8 Å². The number of carbonyl (C=O) groups excluding carboxylic acids is 1. The van der Waals surface area contributed by atoms with Crippen LogP contribution in [0.5, 0.6) is 5.75 Å². The highest BCUT2D eigenvalue weighted by atomic mass is 16.3. The first-order chi connectivity index (χ1) is 15.1. The van der Waals surface area contributed by atoms with Crippen LogP contribution in [0.1, 0.15) is 29.3 Å². The number of nitrogens with zero attached hydrogens (tertiary/aromatic N) is 2. The number of aromatic nitrogens is 1. The first-order valence-electron chi connectivity index (χ1n) is 10.3. The summed E-state index contributed by atoms with van der Waals surface area (Å²) in [6, 6.07) is 19.8. The van der Waals surface area contributed by atoms with Gasteiger partial charge in [0.1, 0.15) is 5.75 Å². The molecule has 4 rings (SSSR count). The van der Waals surface area contributed by atoms with E-state index in [0.717, 1.165) is 29.8 Å². The van der Waals surface area contributed by atoms with E-state index < -0.39 is 6.10 Å². The fraction of sp³-hybridized carbons (Fsp3) is 0.250. The Hall–Kier alpha value is -3.42. The Balaban J connectivity index is 1.31. The number of benzene rings is 2. The van der Waals surface area contributed by atoms with Crippen LogP contribution in [0.3, 0.4) is 0 Å². The molecule has 1 aromatic heterocycles. The number of urea groups is 1. The van der Waals surface area contributed by atoms with Crippen molar-refractivity contribution in [3.8, 4) is 5.75 Å². The number of aromatic hydroxyl groups is 1. The molecule has 2 atom stereocenters. The quantitative estimate of drug-likeness (QED) is 0.492. The summed E-state index contributed by atoms with van der Waals surface area (Å²) in [5.74, 6) is 0.197. The number of phenolic OH excluding ortho intramolecular Hbond substituents is 1. The van der Waals surface area contributed by atoms with Crippen LogP contribution >= 0.6 is 0 Å². The molecular weight excluding hydrogens is 392 g/mol. The lowest BCUT2D eigenvalue weighted by Crippen LogP contribution is -2.28. The standard InChI is InChI=1S/C24H26N4O3/c29-20-10-6-17(7-11-20)15-26-24(31)27-19-8-4-18(5-9-19)16-28-14-12-22(30)23(28)21-3-1-2-13-25-21/h1-11,13,22-23,29-30H,12,14-16H2,(H2,26,27,31). The molecule has 1 aliphatic heterocycles. The van der Waals surface area contributed by atoms with Crippen molar-refractivity contribution in [2.24, 2.45) is 0 Å². The Kier molecular flexibility index (Phi) is 6.45. The minimum absolute atomic E-state index is 0.107. The van der Waals surface area contributed by atoms with Crippen molar-refractivity contribution in [1.82, 2.24) is 15.2 Å². The highest BCUT2D eigenvalue weighted by Crippen LogP contribution is 2.32. The SMILES string of the molecule is O=C(NCc1ccc(O)cc1)Nc1ccc(CN2CCC(O)C2c2ccccn2)cc1. The van der Waals surface area contributed by atoms with Gasteiger partial charge in [0.2, 0.25) is 0 Å². The molecule has 0 radical (unpaired) electrons. The van der Waals surface area contributed by atoms with E-state index in [2.05, 4.69) is 20.5 Å². The second-order valence-electron chi connectivity index (χ2n) is 7.70. The minimum atomic E-state index is -0.423. The molecular formula is C24H26N4O3. The van der Waals surface area contributed by atoms with Crippen LogP contribution in [-0.2, 0) is 13.1 Å². The van der Waals surface area contributed by atoms with Crippen molar-refractivity contribution < 1.29 is 15.0 Å². The molecule has 3 aromatic rings. The van der Waals surface area contributed by atoms with Crippen LogP contribution in [0.25, 0.3) is 0 Å². The van der Waals surface area contributed by atoms with E-state index in [1.54, 1.807) is 30.5 Å². The van der Waals surface area contributed by atoms with Crippen molar-refractivity contribution in [2.75, 3.05) is 11.9 Å². The highest BCUT2D eigenvalue weighted by molar-refractivity contribution is 5.89. The number of hydrogen-bond acceptors (Lipinski definition) is 5. The third-order valence-corrected chi connectivity index (χ3v) is 5.45. The van der Waals surface area contributed by atoms with Gasteiger partial charge in [-0.05, 0) is 53.9 Å². The third kappa shape index (κ3) is 5.39. The molecule has 0 spiro atoms. The Labute approximate surface area is 181 Å². The molecule has 1 fully saturated rings. The number of pyridine rings is 1. The smallest absolute Gasteiger partial charge is 0.319 e. The second kappa shape index (κ2) is 9.59. The van der Waals surface area contributed by atoms with Gasteiger partial charge in [-0.3, -0.25) is 9.88 Å². The van der Waals surface area contributed by atoms with Gasteiger partial charge < -0.3 is 20.8 Å². The Morgan fingerprint density at radius 1 is 1.03 bits per heavy atom. The van der Waals surface area contributed by atoms with Crippen molar-refractivity contribution in [3.05, 3.63) is 89.7 Å². The van der Waals surface area contributed by atoms with Gasteiger partial charge in [-0.1, -0.05) is 30.3 Å². The number of anilines is 1. The Bertz CT molecular complexity index is 994. The first-order valence-corrected chi connectivity index (χ1v) is 10.3. The minimum Gasteiger partial charge on any atom is -0.508 e. The summed E-state index contributed by atoms with van der Waals surface area (Å²) in [5, 5.41) is 25.4. The fourth-order valence-corrected chi connectivity index (χ4v) is 3.85. The van der Waals surface area contributed by atoms with Crippen molar-refractivity contribution in [3.63, 3.8) is 0 Å². The number of amides is 2. The van der Waals surface area contributed by atoms with Crippen molar-refractivity contribution in [1.29, 1.82) is 0 Å². The monoisotopic (exact) mass is 418 g/mol. The first kappa shape index (κ1) is 20.8. The van der Waals surface area contributed by atoms with Gasteiger partial charge in [-0.2, -0.15) is 0 Å². The molecule has 7 nitrogen and oxygen atoms in total. The van der Waals surface area contributed by atoms with E-state index in [1.165, 1.54) is 0 Å². The van der Waals surface area contributed by atoms with Gasteiger partial charge in [-0.25, -0.2) is 4.79 Å². The number of carbonyl (C=O) groups is 1. The van der Waals surface area contributed by atoms with Gasteiger partial charge >= 0.3 is 6.03 Å². The van der Waals surface area contributed by atoms with Gasteiger partial charge in [0.05, 0.1) is 17.8 Å². The average molecular weight is 418 g/mol. The molecule has 2 unspecified atom stereocenters.